The number of anilines is 2. The highest BCUT2D eigenvalue weighted by Crippen LogP contribution is 2.33. The molecule has 0 unspecified atom stereocenters. The van der Waals surface area contributed by atoms with Gasteiger partial charge in [0, 0.05) is 18.1 Å². The maximum Gasteiger partial charge on any atom is 0.264 e. The molecule has 0 atom stereocenters. The van der Waals surface area contributed by atoms with E-state index in [1.807, 2.05) is 6.92 Å². The SMILES string of the molecule is Cc1cnc(NS(=O)(=O)c2ccc3c(c2)N(C)C(=O)CO3)s1. The molecule has 1 N–H and O–H groups in total. The Bertz CT molecular complexity index is 845. The Labute approximate surface area is 131 Å². The van der Waals surface area contributed by atoms with Gasteiger partial charge in [-0.2, -0.15) is 0 Å². The molecule has 2 aromatic rings. The van der Waals surface area contributed by atoms with Gasteiger partial charge >= 0.3 is 0 Å². The Morgan fingerprint density at radius 1 is 1.41 bits per heavy atom. The summed E-state index contributed by atoms with van der Waals surface area (Å²) in [7, 11) is -2.19. The first-order valence-corrected chi connectivity index (χ1v) is 8.65. The number of fused-ring (bicyclic) bond motifs is 1. The number of ether oxygens (including phenoxy) is 1. The van der Waals surface area contributed by atoms with Crippen molar-refractivity contribution in [1.82, 2.24) is 4.98 Å². The lowest BCUT2D eigenvalue weighted by Crippen LogP contribution is -2.35. The molecule has 22 heavy (non-hydrogen) atoms. The van der Waals surface area contributed by atoms with Crippen molar-refractivity contribution < 1.29 is 17.9 Å². The van der Waals surface area contributed by atoms with Gasteiger partial charge in [-0.25, -0.2) is 13.4 Å². The number of rotatable bonds is 3. The number of carbonyl (C=O) groups excluding carboxylic acids is 1. The van der Waals surface area contributed by atoms with E-state index in [0.717, 1.165) is 4.88 Å². The van der Waals surface area contributed by atoms with Crippen molar-refractivity contribution in [2.24, 2.45) is 0 Å². The fraction of sp³-hybridized carbons (Fsp3) is 0.231. The molecule has 116 valence electrons. The standard InChI is InChI=1S/C13H13N3O4S2/c1-8-6-14-13(21-8)15-22(18,19)9-3-4-11-10(5-9)16(2)12(17)7-20-11/h3-6H,7H2,1-2H3,(H,14,15). The lowest BCUT2D eigenvalue weighted by molar-refractivity contribution is -0.120. The zero-order valence-electron chi connectivity index (χ0n) is 11.9. The number of hydrogen-bond acceptors (Lipinski definition) is 6. The molecule has 0 radical (unpaired) electrons. The van der Waals surface area contributed by atoms with Crippen LogP contribution in [0.5, 0.6) is 5.75 Å². The number of carbonyl (C=O) groups is 1. The first kappa shape index (κ1) is 14.8. The summed E-state index contributed by atoms with van der Waals surface area (Å²) in [6.07, 6.45) is 1.59. The van der Waals surface area contributed by atoms with Crippen molar-refractivity contribution in [3.8, 4) is 5.75 Å². The summed E-state index contributed by atoms with van der Waals surface area (Å²) in [4.78, 5) is 17.9. The van der Waals surface area contributed by atoms with Gasteiger partial charge < -0.3 is 9.64 Å². The Morgan fingerprint density at radius 2 is 2.18 bits per heavy atom. The number of thiazole rings is 1. The van der Waals surface area contributed by atoms with Crippen LogP contribution in [-0.4, -0.2) is 33.0 Å². The van der Waals surface area contributed by atoms with E-state index >= 15 is 0 Å². The number of nitrogens with one attached hydrogen (secondary N) is 1. The molecule has 0 saturated heterocycles. The molecule has 1 aliphatic heterocycles. The Balaban J connectivity index is 1.96. The van der Waals surface area contributed by atoms with E-state index in [-0.39, 0.29) is 17.4 Å². The van der Waals surface area contributed by atoms with Crippen molar-refractivity contribution in [3.63, 3.8) is 0 Å². The van der Waals surface area contributed by atoms with E-state index in [1.165, 1.54) is 28.4 Å². The highest BCUT2D eigenvalue weighted by Gasteiger charge is 2.25. The molecule has 0 saturated carbocycles. The van der Waals surface area contributed by atoms with Gasteiger partial charge in [0.05, 0.1) is 10.6 Å². The van der Waals surface area contributed by atoms with Crippen LogP contribution in [0.2, 0.25) is 0 Å². The van der Waals surface area contributed by atoms with Gasteiger partial charge in [-0.05, 0) is 25.1 Å². The summed E-state index contributed by atoms with van der Waals surface area (Å²) in [5.74, 6) is 0.247. The van der Waals surface area contributed by atoms with E-state index in [0.29, 0.717) is 16.6 Å². The molecule has 0 spiro atoms. The van der Waals surface area contributed by atoms with Crippen molar-refractivity contribution in [3.05, 3.63) is 29.3 Å². The van der Waals surface area contributed by atoms with Crippen LogP contribution >= 0.6 is 11.3 Å². The quantitative estimate of drug-likeness (QED) is 0.918. The molecule has 1 aromatic heterocycles. The molecular weight excluding hydrogens is 326 g/mol. The second-order valence-corrected chi connectivity index (χ2v) is 7.67. The third-order valence-corrected chi connectivity index (χ3v) is 5.46. The van der Waals surface area contributed by atoms with Crippen LogP contribution in [0.4, 0.5) is 10.8 Å². The second kappa shape index (κ2) is 5.25. The molecule has 1 aromatic carbocycles. The van der Waals surface area contributed by atoms with Crippen LogP contribution in [0.3, 0.4) is 0 Å². The lowest BCUT2D eigenvalue weighted by atomic mass is 10.2. The summed E-state index contributed by atoms with van der Waals surface area (Å²) >= 11 is 1.25. The van der Waals surface area contributed by atoms with Gasteiger partial charge in [0.1, 0.15) is 5.75 Å². The number of amides is 1. The number of benzene rings is 1. The molecular formula is C13H13N3O4S2. The first-order chi connectivity index (χ1) is 10.4. The average Bonchev–Trinajstić information content (AvgIpc) is 2.87. The van der Waals surface area contributed by atoms with Gasteiger partial charge in [-0.1, -0.05) is 0 Å². The molecule has 1 aliphatic rings. The van der Waals surface area contributed by atoms with E-state index in [1.54, 1.807) is 19.3 Å². The van der Waals surface area contributed by atoms with Crippen LogP contribution in [0, 0.1) is 6.92 Å². The topological polar surface area (TPSA) is 88.6 Å². The number of aryl methyl sites for hydroxylation is 1. The molecule has 9 heteroatoms. The molecule has 3 rings (SSSR count). The molecule has 2 heterocycles. The monoisotopic (exact) mass is 339 g/mol. The summed E-state index contributed by atoms with van der Waals surface area (Å²) in [6.45, 7) is 1.79. The van der Waals surface area contributed by atoms with Crippen molar-refractivity contribution in [2.45, 2.75) is 11.8 Å². The third kappa shape index (κ3) is 2.64. The highest BCUT2D eigenvalue weighted by molar-refractivity contribution is 7.93. The summed E-state index contributed by atoms with van der Waals surface area (Å²) < 4.78 is 32.5. The predicted octanol–water partition coefficient (Wildman–Crippen LogP) is 1.61. The van der Waals surface area contributed by atoms with Crippen LogP contribution in [-0.2, 0) is 14.8 Å². The minimum absolute atomic E-state index is 0.0456. The zero-order chi connectivity index (χ0) is 15.9. The van der Waals surface area contributed by atoms with Crippen LogP contribution in [0.25, 0.3) is 0 Å². The van der Waals surface area contributed by atoms with Crippen molar-refractivity contribution in [1.29, 1.82) is 0 Å². The zero-order valence-corrected chi connectivity index (χ0v) is 13.5. The fourth-order valence-corrected chi connectivity index (χ4v) is 3.92. The minimum Gasteiger partial charge on any atom is -0.482 e. The molecule has 0 fully saturated rings. The Morgan fingerprint density at radius 3 is 2.86 bits per heavy atom. The Kier molecular flexibility index (Phi) is 3.53. The number of nitrogens with zero attached hydrogens (tertiary/aromatic N) is 2. The maximum atomic E-state index is 12.4. The number of likely N-dealkylation sites (N-methyl/N-ethyl adjacent to an activating group) is 1. The largest absolute Gasteiger partial charge is 0.482 e. The predicted molar refractivity (Wildman–Crippen MR) is 83.0 cm³/mol. The van der Waals surface area contributed by atoms with Crippen LogP contribution < -0.4 is 14.4 Å². The first-order valence-electron chi connectivity index (χ1n) is 6.35. The average molecular weight is 339 g/mol. The number of hydrogen-bond donors (Lipinski definition) is 1. The maximum absolute atomic E-state index is 12.4. The normalized spacial score (nSPS) is 14.5. The van der Waals surface area contributed by atoms with E-state index in [9.17, 15) is 13.2 Å². The fourth-order valence-electron chi connectivity index (χ4n) is 1.99. The van der Waals surface area contributed by atoms with Gasteiger partial charge in [-0.15, -0.1) is 11.3 Å². The molecule has 7 nitrogen and oxygen atoms in total. The summed E-state index contributed by atoms with van der Waals surface area (Å²) in [6, 6.07) is 4.39. The van der Waals surface area contributed by atoms with Gasteiger partial charge in [-0.3, -0.25) is 9.52 Å². The van der Waals surface area contributed by atoms with E-state index in [2.05, 4.69) is 9.71 Å². The van der Waals surface area contributed by atoms with Crippen LogP contribution in [0.1, 0.15) is 4.88 Å². The van der Waals surface area contributed by atoms with E-state index < -0.39 is 10.0 Å². The molecule has 0 aliphatic carbocycles. The summed E-state index contributed by atoms with van der Waals surface area (Å²) in [5, 5.41) is 0.302. The van der Waals surface area contributed by atoms with Crippen LogP contribution in [0.15, 0.2) is 29.3 Å². The smallest absolute Gasteiger partial charge is 0.264 e. The van der Waals surface area contributed by atoms with E-state index in [4.69, 9.17) is 4.74 Å². The van der Waals surface area contributed by atoms with Crippen molar-refractivity contribution >= 4 is 38.1 Å². The minimum atomic E-state index is -3.77. The number of sulfonamides is 1. The molecule has 1 amide bonds. The molecule has 0 bridgehead atoms. The van der Waals surface area contributed by atoms with Crippen molar-refractivity contribution in [2.75, 3.05) is 23.3 Å². The lowest BCUT2D eigenvalue weighted by Gasteiger charge is -2.26. The van der Waals surface area contributed by atoms with Gasteiger partial charge in [0.15, 0.2) is 11.7 Å². The Hall–Kier alpha value is -2.13. The summed E-state index contributed by atoms with van der Waals surface area (Å²) in [5.41, 5.74) is 0.425. The third-order valence-electron chi connectivity index (χ3n) is 3.17. The second-order valence-electron chi connectivity index (χ2n) is 4.75. The van der Waals surface area contributed by atoms with Gasteiger partial charge in [0.2, 0.25) is 0 Å². The van der Waals surface area contributed by atoms with Gasteiger partial charge in [0.25, 0.3) is 15.9 Å². The highest BCUT2D eigenvalue weighted by atomic mass is 32.2. The number of aromatic nitrogens is 1.